The second-order valence-corrected chi connectivity index (χ2v) is 5.28. The number of nitrogens with one attached hydrogen (secondary N) is 1. The lowest BCUT2D eigenvalue weighted by molar-refractivity contribution is 0.265. The van der Waals surface area contributed by atoms with Gasteiger partial charge in [0.05, 0.1) is 7.11 Å². The lowest BCUT2D eigenvalue weighted by Crippen LogP contribution is -2.52. The molecule has 0 amide bonds. The fraction of sp³-hybridized carbons (Fsp3) is 0.400. The molecule has 1 aromatic carbocycles. The molecule has 0 bridgehead atoms. The van der Waals surface area contributed by atoms with E-state index in [1.165, 1.54) is 6.42 Å². The van der Waals surface area contributed by atoms with Crippen molar-refractivity contribution in [3.05, 3.63) is 30.5 Å². The number of hydrogen-bond acceptors (Lipinski definition) is 4. The van der Waals surface area contributed by atoms with E-state index in [1.807, 2.05) is 18.2 Å². The summed E-state index contributed by atoms with van der Waals surface area (Å²) in [6.45, 7) is 0.774. The summed E-state index contributed by atoms with van der Waals surface area (Å²) in [6.07, 6.45) is 5.22. The van der Waals surface area contributed by atoms with Crippen molar-refractivity contribution in [2.24, 2.45) is 5.73 Å². The number of aromatic nitrogens is 1. The van der Waals surface area contributed by atoms with Gasteiger partial charge in [0, 0.05) is 29.1 Å². The highest BCUT2D eigenvalue weighted by Crippen LogP contribution is 2.32. The smallest absolute Gasteiger partial charge is 0.134 e. The first kappa shape index (κ1) is 12.2. The summed E-state index contributed by atoms with van der Waals surface area (Å²) in [5.74, 6) is 1.75. The Kier molecular flexibility index (Phi) is 3.03. The van der Waals surface area contributed by atoms with Crippen LogP contribution in [-0.2, 0) is 0 Å². The van der Waals surface area contributed by atoms with Crippen LogP contribution in [0.3, 0.4) is 0 Å². The van der Waals surface area contributed by atoms with E-state index in [0.29, 0.717) is 0 Å². The van der Waals surface area contributed by atoms with Gasteiger partial charge in [-0.15, -0.1) is 0 Å². The second-order valence-electron chi connectivity index (χ2n) is 5.28. The van der Waals surface area contributed by atoms with Crippen molar-refractivity contribution in [2.75, 3.05) is 19.0 Å². The number of anilines is 1. The highest BCUT2D eigenvalue weighted by atomic mass is 16.5. The van der Waals surface area contributed by atoms with Gasteiger partial charge in [-0.3, -0.25) is 0 Å². The first-order valence-electron chi connectivity index (χ1n) is 6.66. The predicted octanol–water partition coefficient (Wildman–Crippen LogP) is 2.54. The Morgan fingerprint density at radius 3 is 2.84 bits per heavy atom. The van der Waals surface area contributed by atoms with Gasteiger partial charge in [0.1, 0.15) is 11.6 Å². The number of pyridine rings is 1. The number of nitrogens with two attached hydrogens (primary N) is 1. The highest BCUT2D eigenvalue weighted by Gasteiger charge is 2.32. The molecule has 3 rings (SSSR count). The SMILES string of the molecule is COc1cccc2c(NCC3(N)CCC3)nccc12. The molecule has 2 aromatic rings. The van der Waals surface area contributed by atoms with Gasteiger partial charge in [-0.1, -0.05) is 12.1 Å². The maximum absolute atomic E-state index is 6.24. The van der Waals surface area contributed by atoms with Crippen LogP contribution in [-0.4, -0.2) is 24.2 Å². The first-order chi connectivity index (χ1) is 9.22. The molecule has 0 spiro atoms. The quantitative estimate of drug-likeness (QED) is 0.883. The molecule has 100 valence electrons. The third-order valence-corrected chi connectivity index (χ3v) is 3.94. The van der Waals surface area contributed by atoms with Crippen LogP contribution in [0.15, 0.2) is 30.5 Å². The molecule has 0 unspecified atom stereocenters. The van der Waals surface area contributed by atoms with Gasteiger partial charge in [0.15, 0.2) is 0 Å². The molecule has 4 nitrogen and oxygen atoms in total. The van der Waals surface area contributed by atoms with E-state index >= 15 is 0 Å². The van der Waals surface area contributed by atoms with Crippen molar-refractivity contribution in [3.8, 4) is 5.75 Å². The molecule has 1 aromatic heterocycles. The Balaban J connectivity index is 1.90. The number of nitrogens with zero attached hydrogens (tertiary/aromatic N) is 1. The normalized spacial score (nSPS) is 16.9. The molecule has 1 aliphatic rings. The molecule has 4 heteroatoms. The molecule has 0 atom stereocenters. The largest absolute Gasteiger partial charge is 0.496 e. The molecular formula is C15H19N3O. The van der Waals surface area contributed by atoms with Gasteiger partial charge in [-0.2, -0.15) is 0 Å². The lowest BCUT2D eigenvalue weighted by Gasteiger charge is -2.38. The summed E-state index contributed by atoms with van der Waals surface area (Å²) in [5.41, 5.74) is 6.18. The standard InChI is InChI=1S/C15H19N3O/c1-19-13-5-2-4-12-11(13)6-9-17-14(12)18-10-15(16)7-3-8-15/h2,4-6,9H,3,7-8,10,16H2,1H3,(H,17,18). The van der Waals surface area contributed by atoms with Gasteiger partial charge < -0.3 is 15.8 Å². The molecule has 1 heterocycles. The number of rotatable bonds is 4. The topological polar surface area (TPSA) is 60.2 Å². The maximum Gasteiger partial charge on any atom is 0.134 e. The Labute approximate surface area is 113 Å². The third kappa shape index (κ3) is 2.24. The fourth-order valence-electron chi connectivity index (χ4n) is 2.56. The van der Waals surface area contributed by atoms with Gasteiger partial charge in [0.2, 0.25) is 0 Å². The molecule has 1 fully saturated rings. The van der Waals surface area contributed by atoms with Crippen LogP contribution in [0.1, 0.15) is 19.3 Å². The zero-order valence-corrected chi connectivity index (χ0v) is 11.1. The molecule has 1 saturated carbocycles. The van der Waals surface area contributed by atoms with E-state index in [2.05, 4.69) is 16.4 Å². The van der Waals surface area contributed by atoms with Crippen molar-refractivity contribution in [1.82, 2.24) is 4.98 Å². The van der Waals surface area contributed by atoms with Crippen molar-refractivity contribution in [3.63, 3.8) is 0 Å². The van der Waals surface area contributed by atoms with Crippen LogP contribution >= 0.6 is 0 Å². The third-order valence-electron chi connectivity index (χ3n) is 3.94. The maximum atomic E-state index is 6.24. The van der Waals surface area contributed by atoms with Crippen LogP contribution < -0.4 is 15.8 Å². The summed E-state index contributed by atoms with van der Waals surface area (Å²) < 4.78 is 5.38. The van der Waals surface area contributed by atoms with Crippen LogP contribution in [0.25, 0.3) is 10.8 Å². The summed E-state index contributed by atoms with van der Waals surface area (Å²) in [5, 5.41) is 5.54. The van der Waals surface area contributed by atoms with Crippen molar-refractivity contribution < 1.29 is 4.74 Å². The molecular weight excluding hydrogens is 238 g/mol. The van der Waals surface area contributed by atoms with E-state index in [0.717, 1.165) is 41.7 Å². The minimum absolute atomic E-state index is 0.0529. The lowest BCUT2D eigenvalue weighted by atomic mass is 9.78. The van der Waals surface area contributed by atoms with Gasteiger partial charge in [-0.05, 0) is 31.4 Å². The summed E-state index contributed by atoms with van der Waals surface area (Å²) in [4.78, 5) is 4.42. The monoisotopic (exact) mass is 257 g/mol. The average Bonchev–Trinajstić information content (AvgIpc) is 2.42. The van der Waals surface area contributed by atoms with Crippen molar-refractivity contribution in [2.45, 2.75) is 24.8 Å². The van der Waals surface area contributed by atoms with E-state index in [-0.39, 0.29) is 5.54 Å². The van der Waals surface area contributed by atoms with Crippen molar-refractivity contribution in [1.29, 1.82) is 0 Å². The Morgan fingerprint density at radius 1 is 1.32 bits per heavy atom. The summed E-state index contributed by atoms with van der Waals surface area (Å²) in [7, 11) is 1.69. The van der Waals surface area contributed by atoms with Crippen LogP contribution in [0.2, 0.25) is 0 Å². The minimum Gasteiger partial charge on any atom is -0.496 e. The number of ether oxygens (including phenoxy) is 1. The van der Waals surface area contributed by atoms with E-state index < -0.39 is 0 Å². The Morgan fingerprint density at radius 2 is 2.16 bits per heavy atom. The molecule has 0 radical (unpaired) electrons. The second kappa shape index (κ2) is 4.70. The van der Waals surface area contributed by atoms with Crippen LogP contribution in [0.5, 0.6) is 5.75 Å². The number of fused-ring (bicyclic) bond motifs is 1. The molecule has 19 heavy (non-hydrogen) atoms. The van der Waals surface area contributed by atoms with Crippen LogP contribution in [0.4, 0.5) is 5.82 Å². The zero-order valence-electron chi connectivity index (χ0n) is 11.1. The van der Waals surface area contributed by atoms with E-state index in [1.54, 1.807) is 13.3 Å². The van der Waals surface area contributed by atoms with Crippen molar-refractivity contribution >= 4 is 16.6 Å². The zero-order chi connectivity index (χ0) is 13.3. The number of benzene rings is 1. The number of methoxy groups -OCH3 is 1. The van der Waals surface area contributed by atoms with E-state index in [9.17, 15) is 0 Å². The molecule has 0 saturated heterocycles. The van der Waals surface area contributed by atoms with Gasteiger partial charge in [0.25, 0.3) is 0 Å². The van der Waals surface area contributed by atoms with E-state index in [4.69, 9.17) is 10.5 Å². The first-order valence-corrected chi connectivity index (χ1v) is 6.66. The predicted molar refractivity (Wildman–Crippen MR) is 77.6 cm³/mol. The average molecular weight is 257 g/mol. The summed E-state index contributed by atoms with van der Waals surface area (Å²) in [6, 6.07) is 7.97. The summed E-state index contributed by atoms with van der Waals surface area (Å²) >= 11 is 0. The Bertz CT molecular complexity index is 593. The fourth-order valence-corrected chi connectivity index (χ4v) is 2.56. The Hall–Kier alpha value is -1.81. The van der Waals surface area contributed by atoms with Gasteiger partial charge in [-0.25, -0.2) is 4.98 Å². The highest BCUT2D eigenvalue weighted by molar-refractivity contribution is 5.95. The van der Waals surface area contributed by atoms with Gasteiger partial charge >= 0.3 is 0 Å². The van der Waals surface area contributed by atoms with Crippen LogP contribution in [0, 0.1) is 0 Å². The number of hydrogen-bond donors (Lipinski definition) is 2. The molecule has 1 aliphatic carbocycles. The molecule has 3 N–H and O–H groups in total. The molecule has 0 aliphatic heterocycles. The minimum atomic E-state index is -0.0529.